The molecule has 1 aromatic carbocycles. The number of hydrogen-bond acceptors (Lipinski definition) is 3. The Morgan fingerprint density at radius 2 is 1.86 bits per heavy atom. The Balaban J connectivity index is 1.55. The topological polar surface area (TPSA) is 18.5 Å². The molecule has 0 spiro atoms. The molecule has 0 aromatic heterocycles. The minimum Gasteiger partial charge on any atom is -0.370 e. The molecule has 3 unspecified atom stereocenters. The van der Waals surface area contributed by atoms with E-state index in [1.807, 2.05) is 12.1 Å². The van der Waals surface area contributed by atoms with E-state index in [-0.39, 0.29) is 5.82 Å². The Morgan fingerprint density at radius 3 is 2.55 bits per heavy atom. The van der Waals surface area contributed by atoms with Gasteiger partial charge in [0.15, 0.2) is 0 Å². The zero-order valence-electron chi connectivity index (χ0n) is 13.8. The molecule has 2 heterocycles. The quantitative estimate of drug-likeness (QED) is 0.926. The van der Waals surface area contributed by atoms with Crippen LogP contribution in [0.15, 0.2) is 24.3 Å². The van der Waals surface area contributed by atoms with Crippen molar-refractivity contribution in [3.63, 3.8) is 0 Å². The van der Waals surface area contributed by atoms with Crippen molar-refractivity contribution in [3.8, 4) is 0 Å². The zero-order chi connectivity index (χ0) is 15.5. The molecule has 122 valence electrons. The van der Waals surface area contributed by atoms with Gasteiger partial charge in [0, 0.05) is 37.9 Å². The molecule has 3 atom stereocenters. The van der Waals surface area contributed by atoms with Crippen LogP contribution < -0.4 is 10.2 Å². The molecular formula is C18H28FN3. The Labute approximate surface area is 133 Å². The number of anilines is 1. The van der Waals surface area contributed by atoms with Crippen LogP contribution in [-0.4, -0.2) is 50.2 Å². The van der Waals surface area contributed by atoms with Crippen LogP contribution in [-0.2, 0) is 0 Å². The number of nitrogens with one attached hydrogen (secondary N) is 1. The van der Waals surface area contributed by atoms with Gasteiger partial charge >= 0.3 is 0 Å². The van der Waals surface area contributed by atoms with Crippen molar-refractivity contribution < 1.29 is 4.39 Å². The van der Waals surface area contributed by atoms with Gasteiger partial charge in [-0.15, -0.1) is 0 Å². The summed E-state index contributed by atoms with van der Waals surface area (Å²) in [4.78, 5) is 5.00. The van der Waals surface area contributed by atoms with E-state index >= 15 is 0 Å². The van der Waals surface area contributed by atoms with Crippen molar-refractivity contribution in [1.82, 2.24) is 10.2 Å². The molecule has 22 heavy (non-hydrogen) atoms. The van der Waals surface area contributed by atoms with Gasteiger partial charge in [-0.25, -0.2) is 4.39 Å². The number of nitrogens with zero attached hydrogens (tertiary/aromatic N) is 2. The fourth-order valence-corrected chi connectivity index (χ4v) is 3.74. The highest BCUT2D eigenvalue weighted by Crippen LogP contribution is 2.24. The highest BCUT2D eigenvalue weighted by Gasteiger charge is 2.30. The summed E-state index contributed by atoms with van der Waals surface area (Å²) in [5, 5.41) is 3.59. The molecule has 2 saturated heterocycles. The maximum atomic E-state index is 13.1. The number of rotatable bonds is 3. The van der Waals surface area contributed by atoms with E-state index in [0.717, 1.165) is 43.7 Å². The van der Waals surface area contributed by atoms with Gasteiger partial charge in [0.25, 0.3) is 0 Å². The van der Waals surface area contributed by atoms with Crippen LogP contribution in [0.3, 0.4) is 0 Å². The highest BCUT2D eigenvalue weighted by molar-refractivity contribution is 5.46. The average Bonchev–Trinajstić information content (AvgIpc) is 2.72. The van der Waals surface area contributed by atoms with E-state index in [2.05, 4.69) is 29.0 Å². The van der Waals surface area contributed by atoms with Gasteiger partial charge in [-0.1, -0.05) is 6.92 Å². The van der Waals surface area contributed by atoms with Crippen molar-refractivity contribution in [3.05, 3.63) is 30.1 Å². The standard InChI is InChI=1S/C18H28FN3/c1-14-15(2)20-12-16(14)13-21-8-3-9-22(11-10-21)18-6-4-17(19)5-7-18/h4-7,14-16,20H,3,8-13H2,1-2H3. The van der Waals surface area contributed by atoms with Crippen LogP contribution in [0.25, 0.3) is 0 Å². The maximum absolute atomic E-state index is 13.1. The molecule has 3 nitrogen and oxygen atoms in total. The number of halogens is 1. The fourth-order valence-electron chi connectivity index (χ4n) is 3.74. The zero-order valence-corrected chi connectivity index (χ0v) is 13.8. The number of hydrogen-bond donors (Lipinski definition) is 1. The van der Waals surface area contributed by atoms with Crippen LogP contribution in [0, 0.1) is 17.7 Å². The molecule has 0 amide bonds. The molecule has 1 aromatic rings. The molecule has 0 bridgehead atoms. The van der Waals surface area contributed by atoms with E-state index in [0.29, 0.717) is 6.04 Å². The summed E-state index contributed by atoms with van der Waals surface area (Å²) in [7, 11) is 0. The van der Waals surface area contributed by atoms with Crippen LogP contribution >= 0.6 is 0 Å². The molecule has 2 aliphatic rings. The summed E-state index contributed by atoms with van der Waals surface area (Å²) in [5.74, 6) is 1.38. The summed E-state index contributed by atoms with van der Waals surface area (Å²) >= 11 is 0. The van der Waals surface area contributed by atoms with Crippen LogP contribution in [0.2, 0.25) is 0 Å². The van der Waals surface area contributed by atoms with Gasteiger partial charge in [0.2, 0.25) is 0 Å². The molecule has 0 aliphatic carbocycles. The van der Waals surface area contributed by atoms with Crippen molar-refractivity contribution in [2.24, 2.45) is 11.8 Å². The Morgan fingerprint density at radius 1 is 1.09 bits per heavy atom. The van der Waals surface area contributed by atoms with E-state index in [1.165, 1.54) is 19.5 Å². The first-order valence-corrected chi connectivity index (χ1v) is 8.60. The van der Waals surface area contributed by atoms with Crippen LogP contribution in [0.4, 0.5) is 10.1 Å². The summed E-state index contributed by atoms with van der Waals surface area (Å²) in [6.07, 6.45) is 1.18. The fraction of sp³-hybridized carbons (Fsp3) is 0.667. The van der Waals surface area contributed by atoms with E-state index in [4.69, 9.17) is 0 Å². The largest absolute Gasteiger partial charge is 0.370 e. The Kier molecular flexibility index (Phi) is 4.99. The molecule has 0 radical (unpaired) electrons. The molecule has 2 aliphatic heterocycles. The lowest BCUT2D eigenvalue weighted by molar-refractivity contribution is 0.226. The third-order valence-electron chi connectivity index (χ3n) is 5.51. The Hall–Kier alpha value is -1.13. The number of benzene rings is 1. The van der Waals surface area contributed by atoms with Crippen LogP contribution in [0.5, 0.6) is 0 Å². The second-order valence-electron chi connectivity index (χ2n) is 6.93. The van der Waals surface area contributed by atoms with Crippen molar-refractivity contribution in [2.45, 2.75) is 26.3 Å². The minimum absolute atomic E-state index is 0.156. The van der Waals surface area contributed by atoms with Crippen molar-refractivity contribution in [1.29, 1.82) is 0 Å². The van der Waals surface area contributed by atoms with Gasteiger partial charge in [0.05, 0.1) is 0 Å². The molecule has 4 heteroatoms. The first-order valence-electron chi connectivity index (χ1n) is 8.60. The lowest BCUT2D eigenvalue weighted by Gasteiger charge is -2.27. The monoisotopic (exact) mass is 305 g/mol. The SMILES string of the molecule is CC1NCC(CN2CCCN(c3ccc(F)cc3)CC2)C1C. The minimum atomic E-state index is -0.156. The third kappa shape index (κ3) is 3.61. The van der Waals surface area contributed by atoms with E-state index in [1.54, 1.807) is 12.1 Å². The smallest absolute Gasteiger partial charge is 0.123 e. The summed E-state index contributed by atoms with van der Waals surface area (Å²) < 4.78 is 13.1. The van der Waals surface area contributed by atoms with Crippen molar-refractivity contribution in [2.75, 3.05) is 44.2 Å². The summed E-state index contributed by atoms with van der Waals surface area (Å²) in [6, 6.07) is 7.56. The molecule has 1 N–H and O–H groups in total. The van der Waals surface area contributed by atoms with Gasteiger partial charge in [-0.2, -0.15) is 0 Å². The van der Waals surface area contributed by atoms with Gasteiger partial charge in [0.1, 0.15) is 5.82 Å². The first kappa shape index (κ1) is 15.8. The van der Waals surface area contributed by atoms with E-state index in [9.17, 15) is 4.39 Å². The van der Waals surface area contributed by atoms with Gasteiger partial charge in [-0.05, 0) is 62.5 Å². The predicted molar refractivity (Wildman–Crippen MR) is 89.8 cm³/mol. The maximum Gasteiger partial charge on any atom is 0.123 e. The average molecular weight is 305 g/mol. The summed E-state index contributed by atoms with van der Waals surface area (Å²) in [5.41, 5.74) is 1.15. The van der Waals surface area contributed by atoms with Crippen molar-refractivity contribution >= 4 is 5.69 Å². The second kappa shape index (κ2) is 6.97. The van der Waals surface area contributed by atoms with Gasteiger partial charge < -0.3 is 15.1 Å². The van der Waals surface area contributed by atoms with Gasteiger partial charge in [-0.3, -0.25) is 0 Å². The highest BCUT2D eigenvalue weighted by atomic mass is 19.1. The lowest BCUT2D eigenvalue weighted by atomic mass is 9.93. The van der Waals surface area contributed by atoms with E-state index < -0.39 is 0 Å². The molecular weight excluding hydrogens is 277 g/mol. The first-order chi connectivity index (χ1) is 10.6. The molecule has 3 rings (SSSR count). The third-order valence-corrected chi connectivity index (χ3v) is 5.51. The lowest BCUT2D eigenvalue weighted by Crippen LogP contribution is -2.36. The molecule has 0 saturated carbocycles. The summed E-state index contributed by atoms with van der Waals surface area (Å²) in [6.45, 7) is 11.4. The molecule has 2 fully saturated rings. The van der Waals surface area contributed by atoms with Crippen LogP contribution in [0.1, 0.15) is 20.3 Å². The predicted octanol–water partition coefficient (Wildman–Crippen LogP) is 2.58. The normalized spacial score (nSPS) is 30.5. The Bertz CT molecular complexity index is 476. The second-order valence-corrected chi connectivity index (χ2v) is 6.93.